The Morgan fingerprint density at radius 2 is 1.59 bits per heavy atom. The molecule has 1 saturated carbocycles. The zero-order valence-corrected chi connectivity index (χ0v) is 15.4. The van der Waals surface area contributed by atoms with Crippen molar-refractivity contribution in [3.8, 4) is 22.5 Å². The van der Waals surface area contributed by atoms with E-state index >= 15 is 0 Å². The smallest absolute Gasteiger partial charge is 0.223 e. The van der Waals surface area contributed by atoms with E-state index in [0.717, 1.165) is 42.7 Å². The number of aromatic nitrogens is 1. The number of amides is 1. The van der Waals surface area contributed by atoms with E-state index in [-0.39, 0.29) is 11.8 Å². The molecule has 1 fully saturated rings. The molecule has 1 N–H and O–H groups in total. The second-order valence-corrected chi connectivity index (χ2v) is 7.18. The van der Waals surface area contributed by atoms with Gasteiger partial charge in [-0.05, 0) is 24.0 Å². The summed E-state index contributed by atoms with van der Waals surface area (Å²) in [7, 11) is 0. The number of carbonyl (C=O) groups excluding carboxylic acids is 1. The number of nitrogens with zero attached hydrogens (tertiary/aromatic N) is 1. The number of hydrogen-bond donors (Lipinski definition) is 1. The molecule has 1 aromatic heterocycles. The number of benzene rings is 2. The van der Waals surface area contributed by atoms with Crippen LogP contribution in [0, 0.1) is 5.92 Å². The van der Waals surface area contributed by atoms with Gasteiger partial charge in [0.15, 0.2) is 5.76 Å². The van der Waals surface area contributed by atoms with E-state index in [9.17, 15) is 4.79 Å². The SMILES string of the molecule is O=C(NCc1cc(-c2ccc(-c3ccccc3)cc2)on1)C1CCCCC1. The molecule has 0 spiro atoms. The predicted octanol–water partition coefficient (Wildman–Crippen LogP) is 5.21. The van der Waals surface area contributed by atoms with Crippen LogP contribution in [0.25, 0.3) is 22.5 Å². The van der Waals surface area contributed by atoms with Crippen molar-refractivity contribution in [1.82, 2.24) is 10.5 Å². The second kappa shape index (κ2) is 8.21. The van der Waals surface area contributed by atoms with E-state index in [2.05, 4.69) is 34.7 Å². The molecular weight excluding hydrogens is 336 g/mol. The first-order chi connectivity index (χ1) is 13.3. The molecule has 1 aliphatic carbocycles. The minimum atomic E-state index is 0.145. The normalized spacial score (nSPS) is 14.8. The fourth-order valence-electron chi connectivity index (χ4n) is 3.68. The van der Waals surface area contributed by atoms with Crippen LogP contribution in [0.5, 0.6) is 0 Å². The highest BCUT2D eigenvalue weighted by Crippen LogP contribution is 2.26. The number of hydrogen-bond acceptors (Lipinski definition) is 3. The standard InChI is InChI=1S/C23H24N2O2/c26-23(20-9-5-2-6-10-20)24-16-21-15-22(27-25-21)19-13-11-18(12-14-19)17-7-3-1-4-8-17/h1,3-4,7-8,11-15,20H,2,5-6,9-10,16H2,(H,24,26). The van der Waals surface area contributed by atoms with Gasteiger partial charge in [0.05, 0.1) is 6.54 Å². The monoisotopic (exact) mass is 360 g/mol. The lowest BCUT2D eigenvalue weighted by Gasteiger charge is -2.20. The summed E-state index contributed by atoms with van der Waals surface area (Å²) < 4.78 is 5.47. The van der Waals surface area contributed by atoms with Gasteiger partial charge in [0.2, 0.25) is 5.91 Å². The van der Waals surface area contributed by atoms with Gasteiger partial charge in [-0.2, -0.15) is 0 Å². The number of nitrogens with one attached hydrogen (secondary N) is 1. The van der Waals surface area contributed by atoms with Crippen molar-refractivity contribution in [3.63, 3.8) is 0 Å². The van der Waals surface area contributed by atoms with Crippen LogP contribution in [0.2, 0.25) is 0 Å². The highest BCUT2D eigenvalue weighted by Gasteiger charge is 2.21. The van der Waals surface area contributed by atoms with E-state index < -0.39 is 0 Å². The lowest BCUT2D eigenvalue weighted by atomic mass is 9.89. The first-order valence-electron chi connectivity index (χ1n) is 9.69. The van der Waals surface area contributed by atoms with Crippen LogP contribution in [-0.4, -0.2) is 11.1 Å². The summed E-state index contributed by atoms with van der Waals surface area (Å²) in [6.07, 6.45) is 5.57. The minimum absolute atomic E-state index is 0.145. The van der Waals surface area contributed by atoms with Gasteiger partial charge in [-0.3, -0.25) is 4.79 Å². The van der Waals surface area contributed by atoms with Gasteiger partial charge >= 0.3 is 0 Å². The van der Waals surface area contributed by atoms with Gasteiger partial charge in [0.25, 0.3) is 0 Å². The quantitative estimate of drug-likeness (QED) is 0.680. The van der Waals surface area contributed by atoms with Gasteiger partial charge in [-0.1, -0.05) is 79.0 Å². The van der Waals surface area contributed by atoms with Crippen LogP contribution in [0.3, 0.4) is 0 Å². The average Bonchev–Trinajstić information content (AvgIpc) is 3.22. The summed E-state index contributed by atoms with van der Waals surface area (Å²) in [4.78, 5) is 12.3. The molecule has 0 radical (unpaired) electrons. The molecule has 0 aliphatic heterocycles. The van der Waals surface area contributed by atoms with E-state index in [4.69, 9.17) is 4.52 Å². The highest BCUT2D eigenvalue weighted by molar-refractivity contribution is 5.78. The first kappa shape index (κ1) is 17.5. The Hall–Kier alpha value is -2.88. The van der Waals surface area contributed by atoms with Crippen LogP contribution in [0.15, 0.2) is 65.2 Å². The van der Waals surface area contributed by atoms with E-state index in [1.807, 2.05) is 36.4 Å². The number of rotatable bonds is 5. The van der Waals surface area contributed by atoms with Crippen LogP contribution >= 0.6 is 0 Å². The molecule has 0 saturated heterocycles. The maximum atomic E-state index is 12.3. The van der Waals surface area contributed by atoms with E-state index in [1.165, 1.54) is 17.5 Å². The Labute approximate surface area is 159 Å². The lowest BCUT2D eigenvalue weighted by molar-refractivity contribution is -0.126. The molecule has 0 unspecified atom stereocenters. The zero-order chi connectivity index (χ0) is 18.5. The molecule has 1 aliphatic rings. The molecule has 4 nitrogen and oxygen atoms in total. The fourth-order valence-corrected chi connectivity index (χ4v) is 3.68. The zero-order valence-electron chi connectivity index (χ0n) is 15.4. The summed E-state index contributed by atoms with van der Waals surface area (Å²) in [6.45, 7) is 0.418. The molecule has 4 rings (SSSR count). The van der Waals surface area contributed by atoms with Gasteiger partial charge in [0.1, 0.15) is 5.69 Å². The second-order valence-electron chi connectivity index (χ2n) is 7.18. The fraction of sp³-hybridized carbons (Fsp3) is 0.304. The minimum Gasteiger partial charge on any atom is -0.356 e. The summed E-state index contributed by atoms with van der Waals surface area (Å²) in [5.41, 5.74) is 4.08. The van der Waals surface area contributed by atoms with Gasteiger partial charge in [-0.15, -0.1) is 0 Å². The molecular formula is C23H24N2O2. The van der Waals surface area contributed by atoms with Crippen LogP contribution < -0.4 is 5.32 Å². The lowest BCUT2D eigenvalue weighted by Crippen LogP contribution is -2.31. The van der Waals surface area contributed by atoms with Crippen molar-refractivity contribution in [1.29, 1.82) is 0 Å². The van der Waals surface area contributed by atoms with E-state index in [1.54, 1.807) is 0 Å². The molecule has 0 atom stereocenters. The molecule has 4 heteroatoms. The Morgan fingerprint density at radius 3 is 2.33 bits per heavy atom. The van der Waals surface area contributed by atoms with Crippen LogP contribution in [-0.2, 0) is 11.3 Å². The van der Waals surface area contributed by atoms with Crippen molar-refractivity contribution in [2.75, 3.05) is 0 Å². The first-order valence-corrected chi connectivity index (χ1v) is 9.69. The molecule has 2 aromatic carbocycles. The number of carbonyl (C=O) groups is 1. The van der Waals surface area contributed by atoms with Crippen molar-refractivity contribution < 1.29 is 9.32 Å². The topological polar surface area (TPSA) is 55.1 Å². The molecule has 0 bridgehead atoms. The third kappa shape index (κ3) is 4.27. The Kier molecular flexibility index (Phi) is 5.33. The van der Waals surface area contributed by atoms with Crippen molar-refractivity contribution in [3.05, 3.63) is 66.4 Å². The third-order valence-corrected chi connectivity index (χ3v) is 5.26. The van der Waals surface area contributed by atoms with E-state index in [0.29, 0.717) is 6.54 Å². The van der Waals surface area contributed by atoms with Crippen molar-refractivity contribution in [2.45, 2.75) is 38.6 Å². The van der Waals surface area contributed by atoms with Crippen LogP contribution in [0.4, 0.5) is 0 Å². The molecule has 3 aromatic rings. The van der Waals surface area contributed by atoms with Crippen molar-refractivity contribution >= 4 is 5.91 Å². The van der Waals surface area contributed by atoms with Crippen molar-refractivity contribution in [2.24, 2.45) is 5.92 Å². The highest BCUT2D eigenvalue weighted by atomic mass is 16.5. The molecule has 1 amide bonds. The Morgan fingerprint density at radius 1 is 0.926 bits per heavy atom. The molecule has 27 heavy (non-hydrogen) atoms. The molecule has 1 heterocycles. The van der Waals surface area contributed by atoms with Crippen LogP contribution in [0.1, 0.15) is 37.8 Å². The van der Waals surface area contributed by atoms with Gasteiger partial charge < -0.3 is 9.84 Å². The summed E-state index contributed by atoms with van der Waals surface area (Å²) in [5.74, 6) is 1.03. The maximum Gasteiger partial charge on any atom is 0.223 e. The predicted molar refractivity (Wildman–Crippen MR) is 106 cm³/mol. The summed E-state index contributed by atoms with van der Waals surface area (Å²) in [6, 6.07) is 20.4. The average molecular weight is 360 g/mol. The Bertz CT molecular complexity index is 878. The summed E-state index contributed by atoms with van der Waals surface area (Å²) in [5, 5.41) is 7.10. The van der Waals surface area contributed by atoms with Gasteiger partial charge in [-0.25, -0.2) is 0 Å². The molecule has 138 valence electrons. The van der Waals surface area contributed by atoms with Gasteiger partial charge in [0, 0.05) is 17.5 Å². The Balaban J connectivity index is 1.38. The third-order valence-electron chi connectivity index (χ3n) is 5.26. The maximum absolute atomic E-state index is 12.3. The summed E-state index contributed by atoms with van der Waals surface area (Å²) >= 11 is 0. The largest absolute Gasteiger partial charge is 0.356 e.